The predicted octanol–water partition coefficient (Wildman–Crippen LogP) is 2.42. The summed E-state index contributed by atoms with van der Waals surface area (Å²) in [5, 5.41) is 1.95. The molecule has 0 unspecified atom stereocenters. The largest absolute Gasteiger partial charge is 0.481 e. The van der Waals surface area contributed by atoms with Gasteiger partial charge in [0.15, 0.2) is 9.84 Å². The molecule has 5 heterocycles. The Morgan fingerprint density at radius 2 is 1.84 bits per heavy atom. The number of likely N-dealkylation sites (N-methyl/N-ethyl adjacent to an activating group) is 1. The van der Waals surface area contributed by atoms with Crippen LogP contribution < -0.4 is 9.64 Å². The lowest BCUT2D eigenvalue weighted by Crippen LogP contribution is -2.43. The molecule has 6 rings (SSSR count). The number of rotatable bonds is 8. The van der Waals surface area contributed by atoms with Crippen molar-refractivity contribution >= 4 is 37.3 Å². The van der Waals surface area contributed by atoms with E-state index in [1.807, 2.05) is 6.07 Å². The molecule has 0 atom stereocenters. The molecular formula is C26H34N6O4S2. The fourth-order valence-corrected chi connectivity index (χ4v) is 7.83. The second-order valence-corrected chi connectivity index (χ2v) is 13.5. The lowest BCUT2D eigenvalue weighted by molar-refractivity contribution is 0.122. The quantitative estimate of drug-likeness (QED) is 0.410. The number of aromatic nitrogens is 3. The predicted molar refractivity (Wildman–Crippen MR) is 149 cm³/mol. The summed E-state index contributed by atoms with van der Waals surface area (Å²) in [6.07, 6.45) is 3.20. The van der Waals surface area contributed by atoms with Crippen LogP contribution in [0.1, 0.15) is 24.0 Å². The molecule has 1 saturated carbocycles. The number of sulfone groups is 1. The van der Waals surface area contributed by atoms with Gasteiger partial charge in [-0.25, -0.2) is 23.4 Å². The highest BCUT2D eigenvalue weighted by atomic mass is 32.2. The highest BCUT2D eigenvalue weighted by Crippen LogP contribution is 2.38. The number of morpholine rings is 1. The summed E-state index contributed by atoms with van der Waals surface area (Å²) in [6, 6.07) is 1.89. The van der Waals surface area contributed by atoms with Gasteiger partial charge >= 0.3 is 0 Å². The molecule has 12 heteroatoms. The number of thiophene rings is 1. The Labute approximate surface area is 227 Å². The van der Waals surface area contributed by atoms with Crippen LogP contribution in [0.25, 0.3) is 21.5 Å². The van der Waals surface area contributed by atoms with E-state index in [2.05, 4.69) is 32.1 Å². The number of nitrogens with zero attached hydrogens (tertiary/aromatic N) is 6. The van der Waals surface area contributed by atoms with Crippen molar-refractivity contribution in [1.29, 1.82) is 0 Å². The van der Waals surface area contributed by atoms with Crippen LogP contribution in [0.4, 0.5) is 5.95 Å². The van der Waals surface area contributed by atoms with Crippen LogP contribution in [0.3, 0.4) is 0 Å². The maximum Gasteiger partial charge on any atom is 0.226 e. The first-order chi connectivity index (χ1) is 18.4. The van der Waals surface area contributed by atoms with Crippen molar-refractivity contribution in [2.45, 2.75) is 30.4 Å². The van der Waals surface area contributed by atoms with Gasteiger partial charge in [-0.15, -0.1) is 11.3 Å². The number of hydrogen-bond acceptors (Lipinski definition) is 11. The number of hydrogen-bond donors (Lipinski definition) is 0. The highest BCUT2D eigenvalue weighted by molar-refractivity contribution is 7.91. The number of pyridine rings is 1. The molecule has 1 aliphatic carbocycles. The van der Waals surface area contributed by atoms with Gasteiger partial charge in [-0.2, -0.15) is 0 Å². The second kappa shape index (κ2) is 10.6. The van der Waals surface area contributed by atoms with E-state index in [-0.39, 0.29) is 11.0 Å². The van der Waals surface area contributed by atoms with Crippen molar-refractivity contribution in [2.75, 3.05) is 71.5 Å². The standard InChI is InChI=1S/C26H34N6O4S2/c1-30-5-7-31(8-6-30)15-20-16-37-24-22(28-26(29-23(20)24)32-9-11-36-12-10-32)18-13-19(25(35-2)27-14-18)17-38(33,34)21-3-4-21/h13-14,16,21H,3-12,15,17H2,1-2H3. The third-order valence-corrected chi connectivity index (χ3v) is 10.8. The first-order valence-electron chi connectivity index (χ1n) is 13.2. The monoisotopic (exact) mass is 558 g/mol. The van der Waals surface area contributed by atoms with E-state index in [1.54, 1.807) is 17.5 Å². The zero-order chi connectivity index (χ0) is 26.3. The first-order valence-corrected chi connectivity index (χ1v) is 15.8. The lowest BCUT2D eigenvalue weighted by Gasteiger charge is -2.32. The highest BCUT2D eigenvalue weighted by Gasteiger charge is 2.36. The molecule has 2 saturated heterocycles. The molecule has 38 heavy (non-hydrogen) atoms. The summed E-state index contributed by atoms with van der Waals surface area (Å²) in [7, 11) is 0.455. The van der Waals surface area contributed by atoms with E-state index >= 15 is 0 Å². The van der Waals surface area contributed by atoms with Gasteiger partial charge in [-0.1, -0.05) is 0 Å². The number of fused-ring (bicyclic) bond motifs is 1. The van der Waals surface area contributed by atoms with Crippen molar-refractivity contribution in [2.24, 2.45) is 0 Å². The molecule has 3 aromatic heterocycles. The summed E-state index contributed by atoms with van der Waals surface area (Å²) in [6.45, 7) is 7.77. The first kappa shape index (κ1) is 25.9. The normalized spacial score (nSPS) is 19.8. The Balaban J connectivity index is 1.41. The van der Waals surface area contributed by atoms with Crippen LogP contribution in [0.15, 0.2) is 17.6 Å². The van der Waals surface area contributed by atoms with Crippen LogP contribution >= 0.6 is 11.3 Å². The van der Waals surface area contributed by atoms with Gasteiger partial charge in [0.25, 0.3) is 0 Å². The van der Waals surface area contributed by atoms with E-state index in [0.717, 1.165) is 80.1 Å². The summed E-state index contributed by atoms with van der Waals surface area (Å²) in [5.74, 6) is 0.945. The molecule has 204 valence electrons. The molecule has 0 amide bonds. The Hall–Kier alpha value is -2.38. The minimum absolute atomic E-state index is 0.0781. The van der Waals surface area contributed by atoms with Gasteiger partial charge in [0.05, 0.1) is 47.2 Å². The average molecular weight is 559 g/mol. The maximum absolute atomic E-state index is 12.8. The summed E-state index contributed by atoms with van der Waals surface area (Å²) in [5.41, 5.74) is 4.30. The van der Waals surface area contributed by atoms with Crippen LogP contribution in [0, 0.1) is 0 Å². The van der Waals surface area contributed by atoms with Crippen LogP contribution in [0.5, 0.6) is 5.88 Å². The van der Waals surface area contributed by atoms with E-state index in [4.69, 9.17) is 19.4 Å². The molecular weight excluding hydrogens is 524 g/mol. The third kappa shape index (κ3) is 5.37. The van der Waals surface area contributed by atoms with Gasteiger partial charge in [0.1, 0.15) is 0 Å². The minimum Gasteiger partial charge on any atom is -0.481 e. The number of methoxy groups -OCH3 is 1. The van der Waals surface area contributed by atoms with E-state index in [0.29, 0.717) is 30.6 Å². The minimum atomic E-state index is -3.24. The third-order valence-electron chi connectivity index (χ3n) is 7.54. The summed E-state index contributed by atoms with van der Waals surface area (Å²) < 4.78 is 37.7. The Morgan fingerprint density at radius 3 is 2.55 bits per heavy atom. The molecule has 0 spiro atoms. The van der Waals surface area contributed by atoms with Crippen molar-refractivity contribution in [1.82, 2.24) is 24.8 Å². The Morgan fingerprint density at radius 1 is 1.08 bits per heavy atom. The van der Waals surface area contributed by atoms with E-state index in [1.165, 1.54) is 12.7 Å². The van der Waals surface area contributed by atoms with Gasteiger partial charge in [-0.05, 0) is 31.3 Å². The molecule has 3 aliphatic rings. The lowest BCUT2D eigenvalue weighted by atomic mass is 10.1. The summed E-state index contributed by atoms with van der Waals surface area (Å²) in [4.78, 5) is 21.6. The average Bonchev–Trinajstić information content (AvgIpc) is 3.73. The van der Waals surface area contributed by atoms with Crippen LogP contribution in [-0.4, -0.2) is 105 Å². The maximum atomic E-state index is 12.8. The van der Waals surface area contributed by atoms with Gasteiger partial charge < -0.3 is 19.3 Å². The zero-order valence-electron chi connectivity index (χ0n) is 21.9. The molecule has 3 aromatic rings. The molecule has 10 nitrogen and oxygen atoms in total. The van der Waals surface area contributed by atoms with Crippen molar-refractivity contribution in [3.63, 3.8) is 0 Å². The SMILES string of the molecule is COc1ncc(-c2nc(N3CCOCC3)nc3c(CN4CCN(C)CC4)csc23)cc1CS(=O)(=O)C1CC1. The van der Waals surface area contributed by atoms with Crippen molar-refractivity contribution < 1.29 is 17.9 Å². The molecule has 0 bridgehead atoms. The summed E-state index contributed by atoms with van der Waals surface area (Å²) >= 11 is 1.64. The molecule has 0 aromatic carbocycles. The molecule has 0 N–H and O–H groups in total. The van der Waals surface area contributed by atoms with Crippen molar-refractivity contribution in [3.8, 4) is 17.1 Å². The van der Waals surface area contributed by atoms with Crippen molar-refractivity contribution in [3.05, 3.63) is 28.8 Å². The van der Waals surface area contributed by atoms with Gasteiger partial charge in [0.2, 0.25) is 11.8 Å². The number of piperazine rings is 1. The van der Waals surface area contributed by atoms with Gasteiger partial charge in [-0.3, -0.25) is 4.90 Å². The van der Waals surface area contributed by atoms with Crippen LogP contribution in [-0.2, 0) is 26.9 Å². The Bertz CT molecular complexity index is 1410. The molecule has 2 aliphatic heterocycles. The molecule has 0 radical (unpaired) electrons. The molecule has 3 fully saturated rings. The fraction of sp³-hybridized carbons (Fsp3) is 0.577. The number of anilines is 1. The topological polar surface area (TPSA) is 101 Å². The van der Waals surface area contributed by atoms with Gasteiger partial charge in [0, 0.05) is 68.7 Å². The number of ether oxygens (including phenoxy) is 2. The van der Waals surface area contributed by atoms with E-state index < -0.39 is 9.84 Å². The zero-order valence-corrected chi connectivity index (χ0v) is 23.6. The second-order valence-electron chi connectivity index (χ2n) is 10.4. The smallest absolute Gasteiger partial charge is 0.226 e. The van der Waals surface area contributed by atoms with E-state index in [9.17, 15) is 8.42 Å². The Kier molecular flexibility index (Phi) is 7.25. The fourth-order valence-electron chi connectivity index (χ4n) is 5.09. The van der Waals surface area contributed by atoms with Crippen LogP contribution in [0.2, 0.25) is 0 Å².